The Hall–Kier alpha value is -0.0900. The van der Waals surface area contributed by atoms with Gasteiger partial charge in [-0.1, -0.05) is 19.1 Å². The van der Waals surface area contributed by atoms with Gasteiger partial charge in [-0.05, 0) is 53.8 Å². The molecule has 0 aliphatic heterocycles. The fourth-order valence-corrected chi connectivity index (χ4v) is 1.77. The molecule has 0 fully saturated rings. The van der Waals surface area contributed by atoms with Crippen molar-refractivity contribution in [2.24, 2.45) is 0 Å². The second-order valence-electron chi connectivity index (χ2n) is 2.83. The topological polar surface area (TPSA) is 12.0 Å². The number of halogens is 1. The van der Waals surface area contributed by atoms with Crippen LogP contribution in [-0.2, 0) is 0 Å². The quantitative estimate of drug-likeness (QED) is 0.836. The minimum absolute atomic E-state index is 0.463. The molecule has 0 amide bonds. The van der Waals surface area contributed by atoms with Crippen LogP contribution in [0.25, 0.3) is 0 Å². The minimum Gasteiger partial charge on any atom is -0.310 e. The van der Waals surface area contributed by atoms with Gasteiger partial charge in [0.1, 0.15) is 0 Å². The normalized spacial score (nSPS) is 12.9. The molecule has 0 aromatic heterocycles. The van der Waals surface area contributed by atoms with Crippen LogP contribution < -0.4 is 5.32 Å². The highest BCUT2D eigenvalue weighted by atomic mass is 127. The fourth-order valence-electron chi connectivity index (χ4n) is 1.20. The predicted molar refractivity (Wildman–Crippen MR) is 61.3 cm³/mol. The highest BCUT2D eigenvalue weighted by molar-refractivity contribution is 14.1. The molecule has 0 saturated heterocycles. The summed E-state index contributed by atoms with van der Waals surface area (Å²) in [4.78, 5) is 0. The molecule has 0 bridgehead atoms. The molecule has 0 saturated carbocycles. The van der Waals surface area contributed by atoms with Crippen LogP contribution in [0.15, 0.2) is 24.3 Å². The summed E-state index contributed by atoms with van der Waals surface area (Å²) < 4.78 is 1.30. The maximum Gasteiger partial charge on any atom is 0.0292 e. The summed E-state index contributed by atoms with van der Waals surface area (Å²) in [5.74, 6) is 0. The maximum absolute atomic E-state index is 3.39. The van der Waals surface area contributed by atoms with Gasteiger partial charge in [0.25, 0.3) is 0 Å². The summed E-state index contributed by atoms with van der Waals surface area (Å²) in [6.45, 7) is 5.34. The lowest BCUT2D eigenvalue weighted by atomic mass is 10.1. The average molecular weight is 275 g/mol. The molecular weight excluding hydrogens is 261 g/mol. The lowest BCUT2D eigenvalue weighted by Gasteiger charge is -2.12. The van der Waals surface area contributed by atoms with E-state index >= 15 is 0 Å². The van der Waals surface area contributed by atoms with Gasteiger partial charge in [-0.15, -0.1) is 0 Å². The molecule has 66 valence electrons. The first-order valence-corrected chi connectivity index (χ1v) is 5.30. The zero-order chi connectivity index (χ0) is 8.97. The molecule has 1 aromatic carbocycles. The summed E-state index contributed by atoms with van der Waals surface area (Å²) in [5, 5.41) is 3.39. The van der Waals surface area contributed by atoms with Gasteiger partial charge in [-0.2, -0.15) is 0 Å². The minimum atomic E-state index is 0.463. The summed E-state index contributed by atoms with van der Waals surface area (Å²) in [6.07, 6.45) is 0. The SMILES string of the molecule is CCNC(C)c1cccc(I)c1. The lowest BCUT2D eigenvalue weighted by Crippen LogP contribution is -2.17. The highest BCUT2D eigenvalue weighted by Gasteiger charge is 2.02. The molecule has 1 nitrogen and oxygen atoms in total. The monoisotopic (exact) mass is 275 g/mol. The molecule has 2 heteroatoms. The van der Waals surface area contributed by atoms with Crippen molar-refractivity contribution in [3.8, 4) is 0 Å². The van der Waals surface area contributed by atoms with Gasteiger partial charge in [0.05, 0.1) is 0 Å². The van der Waals surface area contributed by atoms with E-state index in [4.69, 9.17) is 0 Å². The Morgan fingerprint density at radius 1 is 1.50 bits per heavy atom. The van der Waals surface area contributed by atoms with E-state index in [9.17, 15) is 0 Å². The third-order valence-electron chi connectivity index (χ3n) is 1.86. The van der Waals surface area contributed by atoms with Gasteiger partial charge in [0, 0.05) is 9.61 Å². The van der Waals surface area contributed by atoms with E-state index in [-0.39, 0.29) is 0 Å². The second-order valence-corrected chi connectivity index (χ2v) is 4.08. The van der Waals surface area contributed by atoms with Crippen molar-refractivity contribution in [3.05, 3.63) is 33.4 Å². The van der Waals surface area contributed by atoms with E-state index in [0.29, 0.717) is 6.04 Å². The molecule has 0 aliphatic rings. The molecule has 1 unspecified atom stereocenters. The van der Waals surface area contributed by atoms with Crippen molar-refractivity contribution in [2.75, 3.05) is 6.54 Å². The Balaban J connectivity index is 2.73. The molecule has 1 N–H and O–H groups in total. The Morgan fingerprint density at radius 2 is 2.25 bits per heavy atom. The van der Waals surface area contributed by atoms with Crippen LogP contribution in [0.4, 0.5) is 0 Å². The van der Waals surface area contributed by atoms with Crippen molar-refractivity contribution in [1.82, 2.24) is 5.32 Å². The summed E-state index contributed by atoms with van der Waals surface area (Å²) >= 11 is 2.34. The zero-order valence-electron chi connectivity index (χ0n) is 7.47. The lowest BCUT2D eigenvalue weighted by molar-refractivity contribution is 0.598. The maximum atomic E-state index is 3.39. The first kappa shape index (κ1) is 9.99. The van der Waals surface area contributed by atoms with Crippen molar-refractivity contribution in [2.45, 2.75) is 19.9 Å². The number of hydrogen-bond donors (Lipinski definition) is 1. The van der Waals surface area contributed by atoms with Crippen molar-refractivity contribution < 1.29 is 0 Å². The molecule has 0 radical (unpaired) electrons. The average Bonchev–Trinajstić information content (AvgIpc) is 2.05. The molecule has 1 aromatic rings. The smallest absolute Gasteiger partial charge is 0.0292 e. The molecule has 0 heterocycles. The first-order valence-electron chi connectivity index (χ1n) is 4.23. The van der Waals surface area contributed by atoms with Gasteiger partial charge in [-0.3, -0.25) is 0 Å². The molecule has 0 aliphatic carbocycles. The summed E-state index contributed by atoms with van der Waals surface area (Å²) in [7, 11) is 0. The third kappa shape index (κ3) is 2.75. The van der Waals surface area contributed by atoms with Crippen molar-refractivity contribution in [3.63, 3.8) is 0 Å². The molecule has 0 spiro atoms. The Bertz CT molecular complexity index is 247. The van der Waals surface area contributed by atoms with Crippen molar-refractivity contribution in [1.29, 1.82) is 0 Å². The van der Waals surface area contributed by atoms with E-state index in [1.54, 1.807) is 0 Å². The first-order chi connectivity index (χ1) is 5.74. The van der Waals surface area contributed by atoms with Crippen LogP contribution in [0, 0.1) is 3.57 Å². The number of benzene rings is 1. The van der Waals surface area contributed by atoms with E-state index < -0.39 is 0 Å². The van der Waals surface area contributed by atoms with E-state index in [0.717, 1.165) is 6.54 Å². The predicted octanol–water partition coefficient (Wildman–Crippen LogP) is 2.96. The Labute approximate surface area is 87.7 Å². The standard InChI is InChI=1S/C10H14IN/c1-3-12-8(2)9-5-4-6-10(11)7-9/h4-8,12H,3H2,1-2H3. The summed E-state index contributed by atoms with van der Waals surface area (Å²) in [5.41, 5.74) is 1.36. The Kier molecular flexibility index (Phi) is 4.01. The van der Waals surface area contributed by atoms with E-state index in [2.05, 4.69) is 66.0 Å². The largest absolute Gasteiger partial charge is 0.310 e. The van der Waals surface area contributed by atoms with Gasteiger partial charge >= 0.3 is 0 Å². The van der Waals surface area contributed by atoms with E-state index in [1.807, 2.05) is 0 Å². The second kappa shape index (κ2) is 4.82. The van der Waals surface area contributed by atoms with Crippen LogP contribution >= 0.6 is 22.6 Å². The molecular formula is C10H14IN. The number of nitrogens with one attached hydrogen (secondary N) is 1. The molecule has 1 atom stereocenters. The highest BCUT2D eigenvalue weighted by Crippen LogP contribution is 2.14. The molecule has 12 heavy (non-hydrogen) atoms. The van der Waals surface area contributed by atoms with E-state index in [1.165, 1.54) is 9.13 Å². The molecule has 1 rings (SSSR count). The van der Waals surface area contributed by atoms with Crippen molar-refractivity contribution >= 4 is 22.6 Å². The van der Waals surface area contributed by atoms with Gasteiger partial charge in [-0.25, -0.2) is 0 Å². The Morgan fingerprint density at radius 3 is 2.83 bits per heavy atom. The van der Waals surface area contributed by atoms with Crippen LogP contribution in [0.1, 0.15) is 25.5 Å². The van der Waals surface area contributed by atoms with Crippen LogP contribution in [0.2, 0.25) is 0 Å². The zero-order valence-corrected chi connectivity index (χ0v) is 9.63. The fraction of sp³-hybridized carbons (Fsp3) is 0.400. The van der Waals surface area contributed by atoms with Gasteiger partial charge < -0.3 is 5.32 Å². The number of hydrogen-bond acceptors (Lipinski definition) is 1. The van der Waals surface area contributed by atoms with Gasteiger partial charge in [0.15, 0.2) is 0 Å². The van der Waals surface area contributed by atoms with Crippen LogP contribution in [-0.4, -0.2) is 6.54 Å². The van der Waals surface area contributed by atoms with Crippen LogP contribution in [0.3, 0.4) is 0 Å². The third-order valence-corrected chi connectivity index (χ3v) is 2.53. The van der Waals surface area contributed by atoms with Crippen LogP contribution in [0.5, 0.6) is 0 Å². The summed E-state index contributed by atoms with van der Waals surface area (Å²) in [6, 6.07) is 9.06. The number of rotatable bonds is 3. The van der Waals surface area contributed by atoms with Gasteiger partial charge in [0.2, 0.25) is 0 Å².